The van der Waals surface area contributed by atoms with Crippen LogP contribution in [-0.4, -0.2) is 29.4 Å². The van der Waals surface area contributed by atoms with Gasteiger partial charge in [-0.3, -0.25) is 4.79 Å². The zero-order chi connectivity index (χ0) is 18.6. The van der Waals surface area contributed by atoms with E-state index in [1.165, 1.54) is 10.4 Å². The molecule has 138 valence electrons. The predicted molar refractivity (Wildman–Crippen MR) is 110 cm³/mol. The van der Waals surface area contributed by atoms with Crippen LogP contribution in [0.25, 0.3) is 5.69 Å². The molecule has 1 saturated heterocycles. The normalized spacial score (nSPS) is 16.5. The third-order valence-electron chi connectivity index (χ3n) is 4.91. The molecule has 0 radical (unpaired) electrons. The molecule has 1 aromatic heterocycles. The lowest BCUT2D eigenvalue weighted by atomic mass is 10.1. The topological polar surface area (TPSA) is 50.2 Å². The van der Waals surface area contributed by atoms with Gasteiger partial charge in [-0.25, -0.2) is 0 Å². The SMILES string of the molecule is O=c1c(Cl)c(NCC2CCN(c3ccccc3)C2)cnn1-c1ccccc1. The van der Waals surface area contributed by atoms with E-state index in [4.69, 9.17) is 11.6 Å². The first-order valence-corrected chi connectivity index (χ1v) is 9.47. The molecule has 1 aliphatic rings. The van der Waals surface area contributed by atoms with Gasteiger partial charge >= 0.3 is 0 Å². The number of nitrogens with one attached hydrogen (secondary N) is 1. The Balaban J connectivity index is 1.42. The number of anilines is 2. The molecule has 1 unspecified atom stereocenters. The van der Waals surface area contributed by atoms with Crippen LogP contribution in [0, 0.1) is 5.92 Å². The molecular weight excluding hydrogens is 360 g/mol. The van der Waals surface area contributed by atoms with Crippen molar-refractivity contribution in [2.75, 3.05) is 29.9 Å². The molecule has 5 nitrogen and oxygen atoms in total. The van der Waals surface area contributed by atoms with Crippen molar-refractivity contribution in [2.45, 2.75) is 6.42 Å². The Morgan fingerprint density at radius 2 is 1.70 bits per heavy atom. The smallest absolute Gasteiger partial charge is 0.292 e. The van der Waals surface area contributed by atoms with Crippen molar-refractivity contribution in [1.29, 1.82) is 0 Å². The van der Waals surface area contributed by atoms with Crippen molar-refractivity contribution in [2.24, 2.45) is 5.92 Å². The molecule has 3 aromatic rings. The van der Waals surface area contributed by atoms with E-state index >= 15 is 0 Å². The van der Waals surface area contributed by atoms with E-state index < -0.39 is 0 Å². The summed E-state index contributed by atoms with van der Waals surface area (Å²) in [6, 6.07) is 19.7. The number of nitrogens with zero attached hydrogens (tertiary/aromatic N) is 3. The van der Waals surface area contributed by atoms with Gasteiger partial charge in [0, 0.05) is 25.3 Å². The number of para-hydroxylation sites is 2. The van der Waals surface area contributed by atoms with Gasteiger partial charge < -0.3 is 10.2 Å². The fourth-order valence-electron chi connectivity index (χ4n) is 3.44. The van der Waals surface area contributed by atoms with Crippen LogP contribution in [0.5, 0.6) is 0 Å². The van der Waals surface area contributed by atoms with Gasteiger partial charge in [0.25, 0.3) is 5.56 Å². The molecule has 0 amide bonds. The summed E-state index contributed by atoms with van der Waals surface area (Å²) in [5.74, 6) is 0.498. The van der Waals surface area contributed by atoms with Crippen LogP contribution in [0.4, 0.5) is 11.4 Å². The maximum Gasteiger partial charge on any atom is 0.292 e. The Kier molecular flexibility index (Phi) is 5.12. The molecular formula is C21H21ClN4O. The van der Waals surface area contributed by atoms with Crippen LogP contribution in [0.1, 0.15) is 6.42 Å². The summed E-state index contributed by atoms with van der Waals surface area (Å²) < 4.78 is 1.32. The van der Waals surface area contributed by atoms with Crippen LogP contribution < -0.4 is 15.8 Å². The van der Waals surface area contributed by atoms with Crippen LogP contribution in [-0.2, 0) is 0 Å². The van der Waals surface area contributed by atoms with Crippen molar-refractivity contribution in [1.82, 2.24) is 9.78 Å². The summed E-state index contributed by atoms with van der Waals surface area (Å²) in [5.41, 5.74) is 2.23. The van der Waals surface area contributed by atoms with E-state index in [-0.39, 0.29) is 10.6 Å². The molecule has 6 heteroatoms. The van der Waals surface area contributed by atoms with Crippen molar-refractivity contribution in [3.8, 4) is 5.69 Å². The predicted octanol–water partition coefficient (Wildman–Crippen LogP) is 3.82. The van der Waals surface area contributed by atoms with Gasteiger partial charge in [0.2, 0.25) is 0 Å². The third kappa shape index (κ3) is 3.83. The second kappa shape index (κ2) is 7.84. The Labute approximate surface area is 163 Å². The second-order valence-corrected chi connectivity index (χ2v) is 7.12. The van der Waals surface area contributed by atoms with Gasteiger partial charge in [-0.1, -0.05) is 48.0 Å². The van der Waals surface area contributed by atoms with Gasteiger partial charge in [0.1, 0.15) is 5.02 Å². The molecule has 0 aliphatic carbocycles. The van der Waals surface area contributed by atoms with Crippen LogP contribution in [0.2, 0.25) is 5.02 Å². The van der Waals surface area contributed by atoms with Crippen LogP contribution in [0.15, 0.2) is 71.7 Å². The number of halogens is 1. The van der Waals surface area contributed by atoms with E-state index in [0.29, 0.717) is 17.3 Å². The average molecular weight is 381 g/mol. The van der Waals surface area contributed by atoms with Crippen molar-refractivity contribution in [3.05, 3.63) is 82.2 Å². The number of hydrogen-bond acceptors (Lipinski definition) is 4. The number of benzene rings is 2. The molecule has 1 atom stereocenters. The lowest BCUT2D eigenvalue weighted by Crippen LogP contribution is -2.25. The monoisotopic (exact) mass is 380 g/mol. The Hall–Kier alpha value is -2.79. The van der Waals surface area contributed by atoms with E-state index in [0.717, 1.165) is 26.1 Å². The minimum absolute atomic E-state index is 0.173. The number of rotatable bonds is 5. The Morgan fingerprint density at radius 3 is 2.41 bits per heavy atom. The standard InChI is InChI=1S/C21H21ClN4O/c22-20-19(14-24-26(21(20)27)18-9-5-2-6-10-18)23-13-16-11-12-25(15-16)17-7-3-1-4-8-17/h1-10,14,16,23H,11-13,15H2. The van der Waals surface area contributed by atoms with Gasteiger partial charge in [0.15, 0.2) is 0 Å². The fourth-order valence-corrected chi connectivity index (χ4v) is 3.63. The van der Waals surface area contributed by atoms with Crippen LogP contribution >= 0.6 is 11.6 Å². The first-order chi connectivity index (χ1) is 13.2. The summed E-state index contributed by atoms with van der Waals surface area (Å²) >= 11 is 6.31. The van der Waals surface area contributed by atoms with Gasteiger partial charge in [-0.15, -0.1) is 0 Å². The third-order valence-corrected chi connectivity index (χ3v) is 5.27. The second-order valence-electron chi connectivity index (χ2n) is 6.74. The molecule has 0 spiro atoms. The summed E-state index contributed by atoms with van der Waals surface area (Å²) in [4.78, 5) is 14.9. The summed E-state index contributed by atoms with van der Waals surface area (Å²) in [7, 11) is 0. The minimum atomic E-state index is -0.315. The van der Waals surface area contributed by atoms with Gasteiger partial charge in [0.05, 0.1) is 17.6 Å². The maximum atomic E-state index is 12.5. The maximum absolute atomic E-state index is 12.5. The van der Waals surface area contributed by atoms with E-state index in [1.54, 1.807) is 6.20 Å². The average Bonchev–Trinajstić information content (AvgIpc) is 3.19. The zero-order valence-electron chi connectivity index (χ0n) is 14.9. The molecule has 27 heavy (non-hydrogen) atoms. The van der Waals surface area contributed by atoms with Crippen molar-refractivity contribution in [3.63, 3.8) is 0 Å². The minimum Gasteiger partial charge on any atom is -0.382 e. The largest absolute Gasteiger partial charge is 0.382 e. The quantitative estimate of drug-likeness (QED) is 0.731. The highest BCUT2D eigenvalue weighted by Crippen LogP contribution is 2.24. The summed E-state index contributed by atoms with van der Waals surface area (Å²) in [6.07, 6.45) is 2.73. The highest BCUT2D eigenvalue weighted by molar-refractivity contribution is 6.32. The van der Waals surface area contributed by atoms with E-state index in [1.807, 2.05) is 36.4 Å². The molecule has 0 saturated carbocycles. The molecule has 1 fully saturated rings. The number of hydrogen-bond donors (Lipinski definition) is 1. The molecule has 4 rings (SSSR count). The highest BCUT2D eigenvalue weighted by atomic mass is 35.5. The van der Waals surface area contributed by atoms with E-state index in [9.17, 15) is 4.79 Å². The first kappa shape index (κ1) is 17.6. The van der Waals surface area contributed by atoms with Crippen molar-refractivity contribution < 1.29 is 0 Å². The summed E-state index contributed by atoms with van der Waals surface area (Å²) in [5, 5.41) is 7.75. The highest BCUT2D eigenvalue weighted by Gasteiger charge is 2.23. The molecule has 2 aromatic carbocycles. The van der Waals surface area contributed by atoms with Gasteiger partial charge in [-0.2, -0.15) is 9.78 Å². The first-order valence-electron chi connectivity index (χ1n) is 9.09. The van der Waals surface area contributed by atoms with Crippen molar-refractivity contribution >= 4 is 23.0 Å². The molecule has 0 bridgehead atoms. The molecule has 2 heterocycles. The van der Waals surface area contributed by atoms with Crippen LogP contribution in [0.3, 0.4) is 0 Å². The number of aromatic nitrogens is 2. The lowest BCUT2D eigenvalue weighted by molar-refractivity contribution is 0.622. The molecule has 1 N–H and O–H groups in total. The fraction of sp³-hybridized carbons (Fsp3) is 0.238. The lowest BCUT2D eigenvalue weighted by Gasteiger charge is -2.19. The molecule has 1 aliphatic heterocycles. The summed E-state index contributed by atoms with van der Waals surface area (Å²) in [6.45, 7) is 2.79. The Bertz CT molecular complexity index is 959. The van der Waals surface area contributed by atoms with E-state index in [2.05, 4.69) is 39.6 Å². The Morgan fingerprint density at radius 1 is 1.04 bits per heavy atom. The zero-order valence-corrected chi connectivity index (χ0v) is 15.6. The van der Waals surface area contributed by atoms with Gasteiger partial charge in [-0.05, 0) is 36.6 Å².